The number of anilines is 1. The molecular formula is C13H9Cl2N3. The minimum absolute atomic E-state index is 0.505. The Labute approximate surface area is 114 Å². The predicted molar refractivity (Wildman–Crippen MR) is 75.1 cm³/mol. The summed E-state index contributed by atoms with van der Waals surface area (Å²) in [6, 6.07) is 9.29. The summed E-state index contributed by atoms with van der Waals surface area (Å²) in [6.07, 6.45) is 3.65. The van der Waals surface area contributed by atoms with Crippen LogP contribution in [0.1, 0.15) is 0 Å². The first-order valence-corrected chi connectivity index (χ1v) is 6.09. The fraction of sp³-hybridized carbons (Fsp3) is 0. The summed E-state index contributed by atoms with van der Waals surface area (Å²) in [5.41, 5.74) is 8.83. The Morgan fingerprint density at radius 3 is 2.72 bits per heavy atom. The summed E-state index contributed by atoms with van der Waals surface area (Å²) in [5, 5.41) is 1.19. The number of imidazole rings is 1. The SMILES string of the molecule is Nc1cn2cc(-c3cccc(Cl)c3)nc2cc1Cl. The van der Waals surface area contributed by atoms with Gasteiger partial charge in [0, 0.05) is 29.0 Å². The topological polar surface area (TPSA) is 43.3 Å². The van der Waals surface area contributed by atoms with Crippen molar-refractivity contribution in [3.63, 3.8) is 0 Å². The van der Waals surface area contributed by atoms with Gasteiger partial charge in [0.15, 0.2) is 0 Å². The molecule has 5 heteroatoms. The number of aromatic nitrogens is 2. The predicted octanol–water partition coefficient (Wildman–Crippen LogP) is 3.89. The number of nitrogens with zero attached hydrogens (tertiary/aromatic N) is 2. The summed E-state index contributed by atoms with van der Waals surface area (Å²) in [6.45, 7) is 0. The van der Waals surface area contributed by atoms with Crippen molar-refractivity contribution in [1.82, 2.24) is 9.38 Å². The average molecular weight is 278 g/mol. The highest BCUT2D eigenvalue weighted by Crippen LogP contribution is 2.25. The fourth-order valence-electron chi connectivity index (χ4n) is 1.81. The van der Waals surface area contributed by atoms with Gasteiger partial charge in [-0.1, -0.05) is 35.3 Å². The Balaban J connectivity index is 2.19. The van der Waals surface area contributed by atoms with Crippen molar-refractivity contribution < 1.29 is 0 Å². The second-order valence-corrected chi connectivity index (χ2v) is 4.82. The maximum atomic E-state index is 5.97. The molecule has 18 heavy (non-hydrogen) atoms. The van der Waals surface area contributed by atoms with Crippen molar-refractivity contribution in [2.24, 2.45) is 0 Å². The van der Waals surface area contributed by atoms with Gasteiger partial charge in [-0.25, -0.2) is 4.98 Å². The summed E-state index contributed by atoms with van der Waals surface area (Å²) >= 11 is 11.9. The van der Waals surface area contributed by atoms with Crippen molar-refractivity contribution in [2.45, 2.75) is 0 Å². The Kier molecular flexibility index (Phi) is 2.65. The third kappa shape index (κ3) is 1.92. The standard InChI is InChI=1S/C13H9Cl2N3/c14-9-3-1-2-8(4-9)12-7-18-6-11(16)10(15)5-13(18)17-12/h1-7H,16H2. The van der Waals surface area contributed by atoms with Crippen LogP contribution in [0.4, 0.5) is 5.69 Å². The lowest BCUT2D eigenvalue weighted by Gasteiger charge is -1.97. The van der Waals surface area contributed by atoms with Crippen LogP contribution in [-0.2, 0) is 0 Å². The van der Waals surface area contributed by atoms with Crippen LogP contribution in [0.2, 0.25) is 10.0 Å². The zero-order chi connectivity index (χ0) is 12.7. The van der Waals surface area contributed by atoms with E-state index in [-0.39, 0.29) is 0 Å². The molecule has 0 saturated heterocycles. The minimum atomic E-state index is 0.505. The summed E-state index contributed by atoms with van der Waals surface area (Å²) in [4.78, 5) is 4.49. The van der Waals surface area contributed by atoms with Crippen molar-refractivity contribution in [1.29, 1.82) is 0 Å². The first-order chi connectivity index (χ1) is 8.63. The highest BCUT2D eigenvalue weighted by molar-refractivity contribution is 6.33. The lowest BCUT2D eigenvalue weighted by atomic mass is 10.2. The van der Waals surface area contributed by atoms with Gasteiger partial charge < -0.3 is 10.1 Å². The van der Waals surface area contributed by atoms with Gasteiger partial charge in [-0.15, -0.1) is 0 Å². The Morgan fingerprint density at radius 2 is 1.94 bits per heavy atom. The maximum absolute atomic E-state index is 5.97. The smallest absolute Gasteiger partial charge is 0.139 e. The molecule has 1 aromatic carbocycles. The van der Waals surface area contributed by atoms with Crippen LogP contribution >= 0.6 is 23.2 Å². The number of nitrogen functional groups attached to an aromatic ring is 1. The lowest BCUT2D eigenvalue weighted by Crippen LogP contribution is -1.90. The Hall–Kier alpha value is -1.71. The molecule has 2 heterocycles. The van der Waals surface area contributed by atoms with Crippen molar-refractivity contribution in [2.75, 3.05) is 5.73 Å². The Morgan fingerprint density at radius 1 is 1.11 bits per heavy atom. The van der Waals surface area contributed by atoms with Gasteiger partial charge >= 0.3 is 0 Å². The van der Waals surface area contributed by atoms with E-state index >= 15 is 0 Å². The molecule has 0 bridgehead atoms. The number of nitrogens with two attached hydrogens (primary N) is 1. The van der Waals surface area contributed by atoms with Crippen LogP contribution in [0.15, 0.2) is 42.7 Å². The number of halogens is 2. The average Bonchev–Trinajstić information content (AvgIpc) is 2.73. The molecule has 0 unspecified atom stereocenters. The minimum Gasteiger partial charge on any atom is -0.396 e. The molecular weight excluding hydrogens is 269 g/mol. The molecule has 3 aromatic rings. The molecule has 2 N–H and O–H groups in total. The molecule has 0 fully saturated rings. The van der Waals surface area contributed by atoms with E-state index in [1.165, 1.54) is 0 Å². The second kappa shape index (κ2) is 4.19. The number of pyridine rings is 1. The molecule has 0 spiro atoms. The molecule has 0 radical (unpaired) electrons. The number of hydrogen-bond donors (Lipinski definition) is 1. The van der Waals surface area contributed by atoms with Crippen molar-refractivity contribution in [3.8, 4) is 11.3 Å². The summed E-state index contributed by atoms with van der Waals surface area (Å²) in [7, 11) is 0. The monoisotopic (exact) mass is 277 g/mol. The van der Waals surface area contributed by atoms with Gasteiger partial charge in [0.05, 0.1) is 16.4 Å². The highest BCUT2D eigenvalue weighted by atomic mass is 35.5. The van der Waals surface area contributed by atoms with Crippen LogP contribution in [0.25, 0.3) is 16.9 Å². The van der Waals surface area contributed by atoms with E-state index in [1.54, 1.807) is 12.3 Å². The van der Waals surface area contributed by atoms with E-state index in [9.17, 15) is 0 Å². The maximum Gasteiger partial charge on any atom is 0.139 e. The largest absolute Gasteiger partial charge is 0.396 e. The van der Waals surface area contributed by atoms with Gasteiger partial charge in [-0.05, 0) is 12.1 Å². The number of rotatable bonds is 1. The first-order valence-electron chi connectivity index (χ1n) is 5.33. The van der Waals surface area contributed by atoms with Crippen LogP contribution in [0.5, 0.6) is 0 Å². The zero-order valence-electron chi connectivity index (χ0n) is 9.27. The molecule has 3 nitrogen and oxygen atoms in total. The first kappa shape index (κ1) is 11.4. The molecule has 0 aliphatic rings. The normalized spacial score (nSPS) is 11.0. The van der Waals surface area contributed by atoms with Crippen LogP contribution in [-0.4, -0.2) is 9.38 Å². The lowest BCUT2D eigenvalue weighted by molar-refractivity contribution is 1.19. The molecule has 2 aromatic heterocycles. The van der Waals surface area contributed by atoms with Crippen molar-refractivity contribution in [3.05, 3.63) is 52.8 Å². The van der Waals surface area contributed by atoms with Crippen LogP contribution < -0.4 is 5.73 Å². The van der Waals surface area contributed by atoms with E-state index in [0.717, 1.165) is 16.9 Å². The molecule has 0 atom stereocenters. The number of fused-ring (bicyclic) bond motifs is 1. The fourth-order valence-corrected chi connectivity index (χ4v) is 2.15. The van der Waals surface area contributed by atoms with E-state index in [0.29, 0.717) is 15.7 Å². The summed E-state index contributed by atoms with van der Waals surface area (Å²) in [5.74, 6) is 0. The number of benzene rings is 1. The third-order valence-electron chi connectivity index (χ3n) is 2.69. The van der Waals surface area contributed by atoms with Gasteiger partial charge in [0.1, 0.15) is 5.65 Å². The third-order valence-corrected chi connectivity index (χ3v) is 3.25. The van der Waals surface area contributed by atoms with Crippen LogP contribution in [0.3, 0.4) is 0 Å². The molecule has 0 saturated carbocycles. The second-order valence-electron chi connectivity index (χ2n) is 3.98. The van der Waals surface area contributed by atoms with E-state index in [1.807, 2.05) is 34.9 Å². The highest BCUT2D eigenvalue weighted by Gasteiger charge is 2.07. The van der Waals surface area contributed by atoms with E-state index in [2.05, 4.69) is 4.98 Å². The molecule has 0 aliphatic carbocycles. The van der Waals surface area contributed by atoms with E-state index < -0.39 is 0 Å². The van der Waals surface area contributed by atoms with Gasteiger partial charge in [-0.3, -0.25) is 0 Å². The van der Waals surface area contributed by atoms with Crippen LogP contribution in [0, 0.1) is 0 Å². The Bertz CT molecular complexity index is 695. The zero-order valence-corrected chi connectivity index (χ0v) is 10.8. The molecule has 0 aliphatic heterocycles. The van der Waals surface area contributed by atoms with Crippen molar-refractivity contribution >= 4 is 34.5 Å². The van der Waals surface area contributed by atoms with Gasteiger partial charge in [0.2, 0.25) is 0 Å². The molecule has 0 amide bonds. The number of hydrogen-bond acceptors (Lipinski definition) is 2. The van der Waals surface area contributed by atoms with Gasteiger partial charge in [0.25, 0.3) is 0 Å². The van der Waals surface area contributed by atoms with E-state index in [4.69, 9.17) is 28.9 Å². The molecule has 3 rings (SSSR count). The summed E-state index contributed by atoms with van der Waals surface area (Å²) < 4.78 is 1.84. The quantitative estimate of drug-likeness (QED) is 0.733. The molecule has 90 valence electrons. The van der Waals surface area contributed by atoms with Gasteiger partial charge in [-0.2, -0.15) is 0 Å².